The smallest absolute Gasteiger partial charge is 0.0406 e. The Morgan fingerprint density at radius 2 is 1.67 bits per heavy atom. The van der Waals surface area contributed by atoms with Gasteiger partial charge in [0.05, 0.1) is 0 Å². The Bertz CT molecular complexity index is 499. The molecule has 0 aliphatic rings. The van der Waals surface area contributed by atoms with Crippen LogP contribution < -0.4 is 0 Å². The Kier molecular flexibility index (Phi) is 4.43. The van der Waals surface area contributed by atoms with Gasteiger partial charge >= 0.3 is 0 Å². The van der Waals surface area contributed by atoms with E-state index in [9.17, 15) is 0 Å². The van der Waals surface area contributed by atoms with E-state index in [1.165, 1.54) is 23.1 Å². The van der Waals surface area contributed by atoms with E-state index in [2.05, 4.69) is 50.2 Å². The lowest BCUT2D eigenvalue weighted by Gasteiger charge is -2.13. The Morgan fingerprint density at radius 1 is 1.00 bits per heavy atom. The molecule has 0 fully saturated rings. The van der Waals surface area contributed by atoms with Crippen LogP contribution in [0.15, 0.2) is 48.5 Å². The molecule has 2 rings (SSSR count). The molecule has 18 heavy (non-hydrogen) atoms. The molecule has 0 saturated carbocycles. The molecule has 94 valence electrons. The van der Waals surface area contributed by atoms with Crippen molar-refractivity contribution in [1.82, 2.24) is 0 Å². The van der Waals surface area contributed by atoms with Gasteiger partial charge in [0.1, 0.15) is 0 Å². The molecule has 0 aromatic heterocycles. The molecule has 0 spiro atoms. The first-order valence-corrected chi connectivity index (χ1v) is 6.92. The second kappa shape index (κ2) is 6.06. The summed E-state index contributed by atoms with van der Waals surface area (Å²) in [6.45, 7) is 4.55. The summed E-state index contributed by atoms with van der Waals surface area (Å²) in [4.78, 5) is 0. The number of hydrogen-bond donors (Lipinski definition) is 0. The molecule has 2 aromatic carbocycles. The Labute approximate surface area is 115 Å². The van der Waals surface area contributed by atoms with Crippen molar-refractivity contribution in [2.24, 2.45) is 5.92 Å². The molecule has 0 amide bonds. The van der Waals surface area contributed by atoms with Crippen molar-refractivity contribution in [3.8, 4) is 11.1 Å². The summed E-state index contributed by atoms with van der Waals surface area (Å²) in [7, 11) is 0. The largest absolute Gasteiger partial charge is 0.0843 e. The van der Waals surface area contributed by atoms with Gasteiger partial charge in [0.15, 0.2) is 0 Å². The SMILES string of the molecule is CCC(C)Cc1ccccc1-c1ccc(Cl)cc1. The topological polar surface area (TPSA) is 0 Å². The fourth-order valence-corrected chi connectivity index (χ4v) is 2.26. The lowest BCUT2D eigenvalue weighted by atomic mass is 9.92. The molecular formula is C17H19Cl. The maximum atomic E-state index is 5.95. The molecule has 0 aliphatic heterocycles. The normalized spacial score (nSPS) is 12.4. The van der Waals surface area contributed by atoms with Crippen molar-refractivity contribution in [3.63, 3.8) is 0 Å². The number of benzene rings is 2. The molecule has 1 unspecified atom stereocenters. The van der Waals surface area contributed by atoms with Crippen LogP contribution >= 0.6 is 11.6 Å². The average molecular weight is 259 g/mol. The minimum Gasteiger partial charge on any atom is -0.0843 e. The second-order valence-corrected chi connectivity index (χ2v) is 5.32. The Morgan fingerprint density at radius 3 is 2.33 bits per heavy atom. The fourth-order valence-electron chi connectivity index (χ4n) is 2.13. The number of hydrogen-bond acceptors (Lipinski definition) is 0. The van der Waals surface area contributed by atoms with E-state index in [-0.39, 0.29) is 0 Å². The van der Waals surface area contributed by atoms with E-state index in [0.29, 0.717) is 0 Å². The molecule has 0 bridgehead atoms. The average Bonchev–Trinajstić information content (AvgIpc) is 2.40. The predicted molar refractivity (Wildman–Crippen MR) is 80.0 cm³/mol. The molecule has 1 heteroatoms. The summed E-state index contributed by atoms with van der Waals surface area (Å²) >= 11 is 5.95. The van der Waals surface area contributed by atoms with Gasteiger partial charge in [-0.2, -0.15) is 0 Å². The van der Waals surface area contributed by atoms with E-state index in [4.69, 9.17) is 11.6 Å². The van der Waals surface area contributed by atoms with Gasteiger partial charge in [-0.3, -0.25) is 0 Å². The summed E-state index contributed by atoms with van der Waals surface area (Å²) in [5, 5.41) is 0.790. The molecule has 0 saturated heterocycles. The first-order valence-electron chi connectivity index (χ1n) is 6.54. The lowest BCUT2D eigenvalue weighted by Crippen LogP contribution is -1.99. The highest BCUT2D eigenvalue weighted by Gasteiger charge is 2.07. The zero-order chi connectivity index (χ0) is 13.0. The molecule has 1 atom stereocenters. The first-order chi connectivity index (χ1) is 8.70. The van der Waals surface area contributed by atoms with Gasteiger partial charge < -0.3 is 0 Å². The highest BCUT2D eigenvalue weighted by molar-refractivity contribution is 6.30. The van der Waals surface area contributed by atoms with Crippen LogP contribution in [0.4, 0.5) is 0 Å². The summed E-state index contributed by atoms with van der Waals surface area (Å²) < 4.78 is 0. The Balaban J connectivity index is 2.35. The van der Waals surface area contributed by atoms with Gasteiger partial charge in [0, 0.05) is 5.02 Å². The third-order valence-electron chi connectivity index (χ3n) is 3.44. The van der Waals surface area contributed by atoms with Crippen LogP contribution in [-0.4, -0.2) is 0 Å². The van der Waals surface area contributed by atoms with Crippen molar-refractivity contribution in [1.29, 1.82) is 0 Å². The monoisotopic (exact) mass is 258 g/mol. The highest BCUT2D eigenvalue weighted by atomic mass is 35.5. The van der Waals surface area contributed by atoms with Crippen molar-refractivity contribution < 1.29 is 0 Å². The highest BCUT2D eigenvalue weighted by Crippen LogP contribution is 2.27. The molecule has 0 nitrogen and oxygen atoms in total. The zero-order valence-corrected chi connectivity index (χ0v) is 11.7. The van der Waals surface area contributed by atoms with Gasteiger partial charge in [-0.1, -0.05) is 68.3 Å². The fraction of sp³-hybridized carbons (Fsp3) is 0.294. The summed E-state index contributed by atoms with van der Waals surface area (Å²) in [5.74, 6) is 0.721. The van der Waals surface area contributed by atoms with E-state index in [1.54, 1.807) is 0 Å². The maximum Gasteiger partial charge on any atom is 0.0406 e. The van der Waals surface area contributed by atoms with Crippen molar-refractivity contribution in [3.05, 3.63) is 59.1 Å². The number of halogens is 1. The molecular weight excluding hydrogens is 240 g/mol. The van der Waals surface area contributed by atoms with Crippen LogP contribution in [0, 0.1) is 5.92 Å². The molecule has 0 aliphatic carbocycles. The third kappa shape index (κ3) is 3.14. The molecule has 0 N–H and O–H groups in total. The zero-order valence-electron chi connectivity index (χ0n) is 11.0. The third-order valence-corrected chi connectivity index (χ3v) is 3.69. The van der Waals surface area contributed by atoms with Gasteiger partial charge in [-0.25, -0.2) is 0 Å². The van der Waals surface area contributed by atoms with Crippen LogP contribution in [0.5, 0.6) is 0 Å². The van der Waals surface area contributed by atoms with Crippen molar-refractivity contribution in [2.45, 2.75) is 26.7 Å². The van der Waals surface area contributed by atoms with Crippen LogP contribution in [0.25, 0.3) is 11.1 Å². The summed E-state index contributed by atoms with van der Waals surface area (Å²) in [6, 6.07) is 16.8. The molecule has 0 radical (unpaired) electrons. The first kappa shape index (κ1) is 13.2. The van der Waals surface area contributed by atoms with Crippen molar-refractivity contribution >= 4 is 11.6 Å². The van der Waals surface area contributed by atoms with E-state index in [1.807, 2.05) is 12.1 Å². The van der Waals surface area contributed by atoms with E-state index in [0.717, 1.165) is 17.4 Å². The van der Waals surface area contributed by atoms with E-state index < -0.39 is 0 Å². The number of rotatable bonds is 4. The second-order valence-electron chi connectivity index (χ2n) is 4.88. The quantitative estimate of drug-likeness (QED) is 0.670. The predicted octanol–water partition coefficient (Wildman–Crippen LogP) is 5.60. The lowest BCUT2D eigenvalue weighted by molar-refractivity contribution is 0.561. The standard InChI is InChI=1S/C17H19Cl/c1-3-13(2)12-15-6-4-5-7-17(15)14-8-10-16(18)11-9-14/h4-11,13H,3,12H2,1-2H3. The van der Waals surface area contributed by atoms with Gasteiger partial charge in [0.2, 0.25) is 0 Å². The summed E-state index contributed by atoms with van der Waals surface area (Å²) in [6.07, 6.45) is 2.35. The van der Waals surface area contributed by atoms with Gasteiger partial charge in [-0.15, -0.1) is 0 Å². The molecule has 2 aromatic rings. The van der Waals surface area contributed by atoms with Gasteiger partial charge in [-0.05, 0) is 41.2 Å². The minimum atomic E-state index is 0.721. The van der Waals surface area contributed by atoms with Crippen LogP contribution in [0.2, 0.25) is 5.02 Å². The summed E-state index contributed by atoms with van der Waals surface area (Å²) in [5.41, 5.74) is 4.00. The van der Waals surface area contributed by atoms with Crippen LogP contribution in [-0.2, 0) is 6.42 Å². The minimum absolute atomic E-state index is 0.721. The Hall–Kier alpha value is -1.27. The van der Waals surface area contributed by atoms with E-state index >= 15 is 0 Å². The van der Waals surface area contributed by atoms with Gasteiger partial charge in [0.25, 0.3) is 0 Å². The van der Waals surface area contributed by atoms with Crippen molar-refractivity contribution in [2.75, 3.05) is 0 Å². The maximum absolute atomic E-state index is 5.95. The van der Waals surface area contributed by atoms with Crippen LogP contribution in [0.1, 0.15) is 25.8 Å². The molecule has 0 heterocycles. The van der Waals surface area contributed by atoms with Crippen LogP contribution in [0.3, 0.4) is 0 Å².